The van der Waals surface area contributed by atoms with Crippen LogP contribution in [0.15, 0.2) is 66.0 Å². The first-order valence-corrected chi connectivity index (χ1v) is 9.42. The second-order valence-electron chi connectivity index (χ2n) is 6.01. The molecular weight excluding hydrogens is 360 g/mol. The predicted octanol–water partition coefficient (Wildman–Crippen LogP) is 3.07. The lowest BCUT2D eigenvalue weighted by atomic mass is 10.2. The van der Waals surface area contributed by atoms with Gasteiger partial charge in [0.05, 0.1) is 24.3 Å². The second-order valence-corrected chi connectivity index (χ2v) is 7.32. The first-order chi connectivity index (χ1) is 13.1. The second kappa shape index (κ2) is 8.64. The molecule has 0 radical (unpaired) electrons. The van der Waals surface area contributed by atoms with Gasteiger partial charge in [-0.2, -0.15) is 0 Å². The van der Waals surface area contributed by atoms with E-state index in [9.17, 15) is 4.79 Å². The van der Waals surface area contributed by atoms with Crippen molar-refractivity contribution < 1.29 is 9.53 Å². The van der Waals surface area contributed by atoms with Gasteiger partial charge in [-0.25, -0.2) is 9.66 Å². The molecule has 3 rings (SSSR count). The van der Waals surface area contributed by atoms with E-state index >= 15 is 0 Å². The van der Waals surface area contributed by atoms with E-state index in [4.69, 9.17) is 10.6 Å². The third kappa shape index (κ3) is 4.83. The number of carbonyl (C=O) groups is 1. The van der Waals surface area contributed by atoms with Gasteiger partial charge in [0.2, 0.25) is 5.91 Å². The Hall–Kier alpha value is -2.93. The fourth-order valence-electron chi connectivity index (χ4n) is 2.50. The van der Waals surface area contributed by atoms with Crippen molar-refractivity contribution >= 4 is 17.7 Å². The number of hydrogen-bond acceptors (Lipinski definition) is 5. The standard InChI is InChI=1S/C20H22N4O2S/c1-14(19(25)22-12-15-8-10-17(26-2)11-9-15)27-20-23-18(13-24(20)21)16-6-4-3-5-7-16/h3-11,13-14H,12,21H2,1-2H3,(H,22,25). The smallest absolute Gasteiger partial charge is 0.233 e. The van der Waals surface area contributed by atoms with Crippen molar-refractivity contribution in [3.05, 3.63) is 66.4 Å². The molecule has 1 aromatic heterocycles. The highest BCUT2D eigenvalue weighted by molar-refractivity contribution is 8.00. The number of nitrogen functional groups attached to an aromatic ring is 1. The Morgan fingerprint density at radius 2 is 1.93 bits per heavy atom. The molecule has 0 fully saturated rings. The number of hydrogen-bond donors (Lipinski definition) is 2. The summed E-state index contributed by atoms with van der Waals surface area (Å²) in [5.41, 5.74) is 2.78. The van der Waals surface area contributed by atoms with E-state index in [0.717, 1.165) is 22.6 Å². The summed E-state index contributed by atoms with van der Waals surface area (Å²) in [4.78, 5) is 16.9. The summed E-state index contributed by atoms with van der Waals surface area (Å²) in [5, 5.41) is 3.21. The van der Waals surface area contributed by atoms with Gasteiger partial charge < -0.3 is 15.9 Å². The van der Waals surface area contributed by atoms with Crippen molar-refractivity contribution in [2.45, 2.75) is 23.9 Å². The average Bonchev–Trinajstić information content (AvgIpc) is 3.07. The van der Waals surface area contributed by atoms with Crippen molar-refractivity contribution in [1.82, 2.24) is 15.0 Å². The molecule has 1 atom stereocenters. The van der Waals surface area contributed by atoms with Crippen LogP contribution in [0, 0.1) is 0 Å². The summed E-state index contributed by atoms with van der Waals surface area (Å²) in [6.45, 7) is 2.30. The Kier molecular flexibility index (Phi) is 6.03. The molecule has 3 aromatic rings. The van der Waals surface area contributed by atoms with E-state index in [1.807, 2.05) is 61.5 Å². The van der Waals surface area contributed by atoms with Gasteiger partial charge in [0, 0.05) is 12.1 Å². The van der Waals surface area contributed by atoms with E-state index in [1.165, 1.54) is 16.4 Å². The zero-order valence-corrected chi connectivity index (χ0v) is 16.1. The van der Waals surface area contributed by atoms with Gasteiger partial charge in [-0.05, 0) is 24.6 Å². The van der Waals surface area contributed by atoms with Crippen LogP contribution in [0.5, 0.6) is 5.75 Å². The lowest BCUT2D eigenvalue weighted by molar-refractivity contribution is -0.120. The van der Waals surface area contributed by atoms with Gasteiger partial charge in [0.15, 0.2) is 5.16 Å². The molecule has 7 heteroatoms. The average molecular weight is 382 g/mol. The zero-order chi connectivity index (χ0) is 19.2. The number of imidazole rings is 1. The topological polar surface area (TPSA) is 82.2 Å². The van der Waals surface area contributed by atoms with Gasteiger partial charge in [-0.3, -0.25) is 4.79 Å². The normalized spacial score (nSPS) is 11.8. The molecule has 0 bridgehead atoms. The van der Waals surface area contributed by atoms with Crippen molar-refractivity contribution in [3.8, 4) is 17.0 Å². The number of nitrogens with zero attached hydrogens (tertiary/aromatic N) is 2. The largest absolute Gasteiger partial charge is 0.497 e. The minimum atomic E-state index is -0.323. The van der Waals surface area contributed by atoms with Gasteiger partial charge >= 0.3 is 0 Å². The Bertz CT molecular complexity index is 894. The van der Waals surface area contributed by atoms with Crippen LogP contribution in [0.1, 0.15) is 12.5 Å². The molecule has 6 nitrogen and oxygen atoms in total. The Balaban J connectivity index is 1.58. The lowest BCUT2D eigenvalue weighted by Gasteiger charge is -2.11. The fraction of sp³-hybridized carbons (Fsp3) is 0.200. The summed E-state index contributed by atoms with van der Waals surface area (Å²) >= 11 is 1.33. The van der Waals surface area contributed by atoms with E-state index < -0.39 is 0 Å². The highest BCUT2D eigenvalue weighted by Gasteiger charge is 2.18. The lowest BCUT2D eigenvalue weighted by Crippen LogP contribution is -2.30. The Morgan fingerprint density at radius 3 is 2.59 bits per heavy atom. The predicted molar refractivity (Wildman–Crippen MR) is 108 cm³/mol. The van der Waals surface area contributed by atoms with Crippen LogP contribution < -0.4 is 15.9 Å². The van der Waals surface area contributed by atoms with Crippen molar-refractivity contribution in [2.24, 2.45) is 0 Å². The maximum absolute atomic E-state index is 12.4. The number of carbonyl (C=O) groups excluding carboxylic acids is 1. The van der Waals surface area contributed by atoms with Crippen LogP contribution in [0.25, 0.3) is 11.3 Å². The SMILES string of the molecule is COc1ccc(CNC(=O)C(C)Sc2nc(-c3ccccc3)cn2N)cc1. The van der Waals surface area contributed by atoms with Crippen molar-refractivity contribution in [2.75, 3.05) is 13.0 Å². The maximum atomic E-state index is 12.4. The summed E-state index contributed by atoms with van der Waals surface area (Å²) in [6.07, 6.45) is 1.76. The van der Waals surface area contributed by atoms with Crippen LogP contribution in [0.3, 0.4) is 0 Å². The van der Waals surface area contributed by atoms with Crippen molar-refractivity contribution in [1.29, 1.82) is 0 Å². The molecule has 1 unspecified atom stereocenters. The number of benzene rings is 2. The third-order valence-electron chi connectivity index (χ3n) is 4.05. The summed E-state index contributed by atoms with van der Waals surface area (Å²) in [7, 11) is 1.63. The van der Waals surface area contributed by atoms with Crippen LogP contribution >= 0.6 is 11.8 Å². The molecule has 0 aliphatic rings. The van der Waals surface area contributed by atoms with Crippen molar-refractivity contribution in [3.63, 3.8) is 0 Å². The maximum Gasteiger partial charge on any atom is 0.233 e. The number of thioether (sulfide) groups is 1. The van der Waals surface area contributed by atoms with Crippen LogP contribution in [0.2, 0.25) is 0 Å². The molecule has 27 heavy (non-hydrogen) atoms. The van der Waals surface area contributed by atoms with Crippen LogP contribution in [-0.2, 0) is 11.3 Å². The molecule has 1 heterocycles. The number of amides is 1. The fourth-order valence-corrected chi connectivity index (χ4v) is 3.33. The number of ether oxygens (including phenoxy) is 1. The molecule has 2 aromatic carbocycles. The van der Waals surface area contributed by atoms with Crippen LogP contribution in [-0.4, -0.2) is 27.9 Å². The molecular formula is C20H22N4O2S. The zero-order valence-electron chi connectivity index (χ0n) is 15.3. The third-order valence-corrected chi connectivity index (χ3v) is 5.13. The minimum absolute atomic E-state index is 0.0694. The molecule has 140 valence electrons. The Morgan fingerprint density at radius 1 is 1.22 bits per heavy atom. The molecule has 0 aliphatic heterocycles. The van der Waals surface area contributed by atoms with Gasteiger partial charge in [-0.1, -0.05) is 54.2 Å². The molecule has 3 N–H and O–H groups in total. The first-order valence-electron chi connectivity index (χ1n) is 8.54. The molecule has 0 spiro atoms. The number of methoxy groups -OCH3 is 1. The summed E-state index contributed by atoms with van der Waals surface area (Å²) in [5.74, 6) is 6.73. The number of nitrogens with one attached hydrogen (secondary N) is 1. The van der Waals surface area contributed by atoms with Gasteiger partial charge in [0.25, 0.3) is 0 Å². The quantitative estimate of drug-likeness (QED) is 0.485. The number of aromatic nitrogens is 2. The summed E-state index contributed by atoms with van der Waals surface area (Å²) < 4.78 is 6.59. The molecule has 0 saturated heterocycles. The monoisotopic (exact) mass is 382 g/mol. The van der Waals surface area contributed by atoms with E-state index in [1.54, 1.807) is 13.3 Å². The highest BCUT2D eigenvalue weighted by Crippen LogP contribution is 2.25. The van der Waals surface area contributed by atoms with E-state index in [0.29, 0.717) is 11.7 Å². The molecule has 1 amide bonds. The van der Waals surface area contributed by atoms with Gasteiger partial charge in [0.1, 0.15) is 5.75 Å². The molecule has 0 aliphatic carbocycles. The molecule has 0 saturated carbocycles. The van der Waals surface area contributed by atoms with Gasteiger partial charge in [-0.15, -0.1) is 0 Å². The Labute approximate surface area is 162 Å². The van der Waals surface area contributed by atoms with E-state index in [-0.39, 0.29) is 11.2 Å². The minimum Gasteiger partial charge on any atom is -0.497 e. The first kappa shape index (κ1) is 18.8. The van der Waals surface area contributed by atoms with Crippen LogP contribution in [0.4, 0.5) is 0 Å². The highest BCUT2D eigenvalue weighted by atomic mass is 32.2. The number of rotatable bonds is 7. The van der Waals surface area contributed by atoms with E-state index in [2.05, 4.69) is 10.3 Å². The summed E-state index contributed by atoms with van der Waals surface area (Å²) in [6, 6.07) is 17.4. The number of nitrogens with two attached hydrogens (primary N) is 1.